The lowest BCUT2D eigenvalue weighted by atomic mass is 9.97. The zero-order valence-electron chi connectivity index (χ0n) is 16.3. The minimum Gasteiger partial charge on any atom is -0.352 e. The maximum atomic E-state index is 12.7. The Balaban J connectivity index is 1.54. The number of anilines is 1. The summed E-state index contributed by atoms with van der Waals surface area (Å²) in [6.07, 6.45) is 5.38. The first-order valence-corrected chi connectivity index (χ1v) is 9.71. The molecule has 2 heterocycles. The largest absolute Gasteiger partial charge is 0.352 e. The molecular weight excluding hydrogens is 338 g/mol. The van der Waals surface area contributed by atoms with Gasteiger partial charge >= 0.3 is 0 Å². The molecule has 1 N–H and O–H groups in total. The van der Waals surface area contributed by atoms with E-state index < -0.39 is 0 Å². The molecule has 1 saturated heterocycles. The van der Waals surface area contributed by atoms with Gasteiger partial charge in [0.2, 0.25) is 11.9 Å². The molecule has 0 aliphatic carbocycles. The molecule has 0 spiro atoms. The first-order chi connectivity index (χ1) is 13.2. The van der Waals surface area contributed by atoms with Gasteiger partial charge in [0, 0.05) is 38.6 Å². The summed E-state index contributed by atoms with van der Waals surface area (Å²) >= 11 is 0. The number of rotatable bonds is 7. The number of aromatic nitrogens is 2. The van der Waals surface area contributed by atoms with E-state index in [4.69, 9.17) is 0 Å². The van der Waals surface area contributed by atoms with Crippen LogP contribution in [-0.4, -0.2) is 47.5 Å². The van der Waals surface area contributed by atoms with Gasteiger partial charge in [-0.05, 0) is 43.6 Å². The quantitative estimate of drug-likeness (QED) is 0.815. The van der Waals surface area contributed by atoms with Gasteiger partial charge in [-0.15, -0.1) is 0 Å². The lowest BCUT2D eigenvalue weighted by molar-refractivity contribution is -0.125. The molecule has 1 fully saturated rings. The van der Waals surface area contributed by atoms with Crippen LogP contribution in [0.15, 0.2) is 42.7 Å². The number of nitrogens with zero attached hydrogens (tertiary/aromatic N) is 4. The Kier molecular flexibility index (Phi) is 6.76. The zero-order chi connectivity index (χ0) is 19.1. The summed E-state index contributed by atoms with van der Waals surface area (Å²) in [5.74, 6) is 0.811. The lowest BCUT2D eigenvalue weighted by Crippen LogP contribution is -2.43. The van der Waals surface area contributed by atoms with Crippen LogP contribution in [0.4, 0.5) is 5.95 Å². The number of carbonyl (C=O) groups excluding carboxylic acids is 1. The molecule has 1 unspecified atom stereocenters. The second-order valence-electron chi connectivity index (χ2n) is 7.20. The third-order valence-electron chi connectivity index (χ3n) is 5.08. The summed E-state index contributed by atoms with van der Waals surface area (Å²) < 4.78 is 0. The Morgan fingerprint density at radius 1 is 1.26 bits per heavy atom. The highest BCUT2D eigenvalue weighted by molar-refractivity contribution is 5.79. The highest BCUT2D eigenvalue weighted by atomic mass is 16.1. The second kappa shape index (κ2) is 9.46. The van der Waals surface area contributed by atoms with E-state index in [1.807, 2.05) is 6.07 Å². The minimum absolute atomic E-state index is 0.0167. The standard InChI is InChI=1S/C21H29N5O/c1-3-25(2)15-18-8-4-7-17(13-18)14-24-20(27)19-9-5-12-26(16-19)21-22-10-6-11-23-21/h4,6-8,10-11,13,19H,3,5,9,12,14-16H2,1-2H3,(H,24,27). The Labute approximate surface area is 161 Å². The average molecular weight is 367 g/mol. The Morgan fingerprint density at radius 2 is 2.04 bits per heavy atom. The summed E-state index contributed by atoms with van der Waals surface area (Å²) in [7, 11) is 2.11. The molecule has 1 amide bonds. The third kappa shape index (κ3) is 5.50. The van der Waals surface area contributed by atoms with Crippen LogP contribution in [0.25, 0.3) is 0 Å². The lowest BCUT2D eigenvalue weighted by Gasteiger charge is -2.31. The molecule has 0 radical (unpaired) electrons. The normalized spacial score (nSPS) is 17.1. The van der Waals surface area contributed by atoms with Gasteiger partial charge in [0.15, 0.2) is 0 Å². The predicted octanol–water partition coefficient (Wildman–Crippen LogP) is 2.46. The number of amides is 1. The molecule has 3 rings (SSSR count). The van der Waals surface area contributed by atoms with E-state index in [2.05, 4.69) is 63.3 Å². The van der Waals surface area contributed by atoms with Gasteiger partial charge < -0.3 is 15.1 Å². The molecule has 1 aliphatic heterocycles. The van der Waals surface area contributed by atoms with E-state index >= 15 is 0 Å². The van der Waals surface area contributed by atoms with Crippen LogP contribution in [0.5, 0.6) is 0 Å². The second-order valence-corrected chi connectivity index (χ2v) is 7.20. The van der Waals surface area contributed by atoms with Gasteiger partial charge in [-0.1, -0.05) is 31.2 Å². The fourth-order valence-corrected chi connectivity index (χ4v) is 3.42. The van der Waals surface area contributed by atoms with E-state index in [1.54, 1.807) is 12.4 Å². The predicted molar refractivity (Wildman–Crippen MR) is 107 cm³/mol. The van der Waals surface area contributed by atoms with Crippen LogP contribution in [0.3, 0.4) is 0 Å². The van der Waals surface area contributed by atoms with Crippen molar-refractivity contribution in [2.75, 3.05) is 31.6 Å². The van der Waals surface area contributed by atoms with Crippen molar-refractivity contribution in [3.05, 3.63) is 53.9 Å². The van der Waals surface area contributed by atoms with Gasteiger partial charge in [-0.3, -0.25) is 4.79 Å². The smallest absolute Gasteiger partial charge is 0.225 e. The van der Waals surface area contributed by atoms with Crippen molar-refractivity contribution in [2.45, 2.75) is 32.9 Å². The van der Waals surface area contributed by atoms with Crippen molar-refractivity contribution < 1.29 is 4.79 Å². The topological polar surface area (TPSA) is 61.4 Å². The molecule has 1 atom stereocenters. The van der Waals surface area contributed by atoms with Gasteiger partial charge in [0.1, 0.15) is 0 Å². The van der Waals surface area contributed by atoms with Crippen LogP contribution in [-0.2, 0) is 17.9 Å². The highest BCUT2D eigenvalue weighted by Gasteiger charge is 2.26. The maximum Gasteiger partial charge on any atom is 0.225 e. The third-order valence-corrected chi connectivity index (χ3v) is 5.08. The first-order valence-electron chi connectivity index (χ1n) is 9.71. The van der Waals surface area contributed by atoms with Gasteiger partial charge in [0.25, 0.3) is 0 Å². The van der Waals surface area contributed by atoms with Gasteiger partial charge in [-0.25, -0.2) is 9.97 Å². The summed E-state index contributed by atoms with van der Waals surface area (Å²) in [6, 6.07) is 10.3. The molecule has 6 heteroatoms. The van der Waals surface area contributed by atoms with E-state index in [1.165, 1.54) is 5.56 Å². The SMILES string of the molecule is CCN(C)Cc1cccc(CNC(=O)C2CCCN(c3ncccn3)C2)c1. The molecule has 27 heavy (non-hydrogen) atoms. The van der Waals surface area contributed by atoms with Crippen molar-refractivity contribution in [3.8, 4) is 0 Å². The van der Waals surface area contributed by atoms with Crippen LogP contribution >= 0.6 is 0 Å². The molecule has 2 aromatic rings. The summed E-state index contributed by atoms with van der Waals surface area (Å²) in [5.41, 5.74) is 2.42. The summed E-state index contributed by atoms with van der Waals surface area (Å²) in [5, 5.41) is 3.12. The van der Waals surface area contributed by atoms with Crippen LogP contribution in [0, 0.1) is 5.92 Å². The van der Waals surface area contributed by atoms with E-state index in [0.29, 0.717) is 19.0 Å². The van der Waals surface area contributed by atoms with E-state index in [-0.39, 0.29) is 11.8 Å². The number of hydrogen-bond acceptors (Lipinski definition) is 5. The Hall–Kier alpha value is -2.47. The Morgan fingerprint density at radius 3 is 2.81 bits per heavy atom. The van der Waals surface area contributed by atoms with Crippen molar-refractivity contribution in [1.82, 2.24) is 20.2 Å². The number of nitrogens with one attached hydrogen (secondary N) is 1. The van der Waals surface area contributed by atoms with Crippen molar-refractivity contribution in [2.24, 2.45) is 5.92 Å². The highest BCUT2D eigenvalue weighted by Crippen LogP contribution is 2.20. The molecule has 1 aromatic heterocycles. The monoisotopic (exact) mass is 367 g/mol. The van der Waals surface area contributed by atoms with E-state index in [0.717, 1.165) is 38.0 Å². The van der Waals surface area contributed by atoms with Crippen molar-refractivity contribution in [3.63, 3.8) is 0 Å². The fourth-order valence-electron chi connectivity index (χ4n) is 3.42. The summed E-state index contributed by atoms with van der Waals surface area (Å²) in [4.78, 5) is 25.7. The van der Waals surface area contributed by atoms with Gasteiger partial charge in [-0.2, -0.15) is 0 Å². The molecule has 0 saturated carbocycles. The van der Waals surface area contributed by atoms with Crippen LogP contribution in [0.1, 0.15) is 30.9 Å². The van der Waals surface area contributed by atoms with Crippen LogP contribution < -0.4 is 10.2 Å². The molecule has 1 aliphatic rings. The van der Waals surface area contributed by atoms with Gasteiger partial charge in [0.05, 0.1) is 5.92 Å². The first kappa shape index (κ1) is 19.3. The molecular formula is C21H29N5O. The maximum absolute atomic E-state index is 12.7. The number of carbonyl (C=O) groups is 1. The average Bonchev–Trinajstić information content (AvgIpc) is 2.73. The zero-order valence-corrected chi connectivity index (χ0v) is 16.3. The van der Waals surface area contributed by atoms with Crippen molar-refractivity contribution >= 4 is 11.9 Å². The number of benzene rings is 1. The number of piperidine rings is 1. The minimum atomic E-state index is -0.0167. The molecule has 144 valence electrons. The molecule has 1 aromatic carbocycles. The fraction of sp³-hybridized carbons (Fsp3) is 0.476. The van der Waals surface area contributed by atoms with E-state index in [9.17, 15) is 4.79 Å². The molecule has 0 bridgehead atoms. The molecule has 6 nitrogen and oxygen atoms in total. The number of hydrogen-bond donors (Lipinski definition) is 1. The van der Waals surface area contributed by atoms with Crippen LogP contribution in [0.2, 0.25) is 0 Å². The van der Waals surface area contributed by atoms with Crippen molar-refractivity contribution in [1.29, 1.82) is 0 Å². The Bertz CT molecular complexity index is 736. The summed E-state index contributed by atoms with van der Waals surface area (Å²) in [6.45, 7) is 6.24.